The van der Waals surface area contributed by atoms with Crippen LogP contribution in [0.4, 0.5) is 4.79 Å². The van der Waals surface area contributed by atoms with Crippen LogP contribution in [0, 0.1) is 5.92 Å². The second-order valence-electron chi connectivity index (χ2n) is 4.61. The average molecular weight is 277 g/mol. The van der Waals surface area contributed by atoms with Crippen LogP contribution in [-0.4, -0.2) is 40.9 Å². The molecule has 1 amide bonds. The maximum Gasteiger partial charge on any atom is 0.410 e. The van der Waals surface area contributed by atoms with E-state index in [4.69, 9.17) is 9.84 Å². The van der Waals surface area contributed by atoms with Crippen molar-refractivity contribution in [1.82, 2.24) is 4.90 Å². The minimum absolute atomic E-state index is 0.132. The molecule has 1 aliphatic rings. The van der Waals surface area contributed by atoms with Gasteiger partial charge in [0.2, 0.25) is 0 Å². The van der Waals surface area contributed by atoms with Crippen LogP contribution >= 0.6 is 0 Å². The summed E-state index contributed by atoms with van der Waals surface area (Å²) < 4.78 is 5.10. The molecule has 2 rings (SSSR count). The molecule has 6 nitrogen and oxygen atoms in total. The standard InChI is InChI=1S/C14H15NO5/c16-12-8-15(7-6-11(12)13(17)18)14(19)20-9-10-4-2-1-3-5-10/h1-5,11H,6-9H2,(H,17,18). The summed E-state index contributed by atoms with van der Waals surface area (Å²) in [6, 6.07) is 9.20. The van der Waals surface area contributed by atoms with Gasteiger partial charge in [0, 0.05) is 6.54 Å². The molecular formula is C14H15NO5. The molecule has 0 radical (unpaired) electrons. The molecule has 20 heavy (non-hydrogen) atoms. The first-order valence-corrected chi connectivity index (χ1v) is 6.29. The third-order valence-electron chi connectivity index (χ3n) is 3.18. The number of amides is 1. The predicted octanol–water partition coefficient (Wildman–Crippen LogP) is 1.30. The van der Waals surface area contributed by atoms with E-state index in [-0.39, 0.29) is 26.1 Å². The maximum absolute atomic E-state index is 11.8. The largest absolute Gasteiger partial charge is 0.481 e. The Morgan fingerprint density at radius 2 is 2.00 bits per heavy atom. The number of Topliss-reactive ketones (excluding diaryl/α,β-unsaturated/α-hetero) is 1. The summed E-state index contributed by atoms with van der Waals surface area (Å²) >= 11 is 0. The summed E-state index contributed by atoms with van der Waals surface area (Å²) in [7, 11) is 0. The number of aliphatic carboxylic acids is 1. The SMILES string of the molecule is O=C(O)C1CCN(C(=O)OCc2ccccc2)CC1=O. The number of ketones is 1. The molecule has 1 heterocycles. The molecule has 1 aliphatic heterocycles. The Labute approximate surface area is 115 Å². The zero-order chi connectivity index (χ0) is 14.5. The molecule has 6 heteroatoms. The lowest BCUT2D eigenvalue weighted by atomic mass is 9.96. The summed E-state index contributed by atoms with van der Waals surface area (Å²) in [6.45, 7) is 0.146. The number of likely N-dealkylation sites (tertiary alicyclic amines) is 1. The van der Waals surface area contributed by atoms with Gasteiger partial charge in [0.25, 0.3) is 0 Å². The number of carboxylic acid groups (broad SMARTS) is 1. The highest BCUT2D eigenvalue weighted by molar-refractivity contribution is 6.00. The first kappa shape index (κ1) is 14.0. The van der Waals surface area contributed by atoms with E-state index >= 15 is 0 Å². The van der Waals surface area contributed by atoms with Gasteiger partial charge in [0.15, 0.2) is 5.78 Å². The van der Waals surface area contributed by atoms with Crippen molar-refractivity contribution in [3.63, 3.8) is 0 Å². The van der Waals surface area contributed by atoms with Crippen LogP contribution in [0.1, 0.15) is 12.0 Å². The number of hydrogen-bond donors (Lipinski definition) is 1. The van der Waals surface area contributed by atoms with Crippen LogP contribution in [0.15, 0.2) is 30.3 Å². The number of piperidine rings is 1. The van der Waals surface area contributed by atoms with E-state index in [0.29, 0.717) is 0 Å². The van der Waals surface area contributed by atoms with E-state index in [1.165, 1.54) is 4.90 Å². The van der Waals surface area contributed by atoms with Crippen LogP contribution in [0.5, 0.6) is 0 Å². The Bertz CT molecular complexity index is 514. The van der Waals surface area contributed by atoms with Crippen molar-refractivity contribution in [1.29, 1.82) is 0 Å². The van der Waals surface area contributed by atoms with Crippen molar-refractivity contribution in [2.75, 3.05) is 13.1 Å². The molecule has 0 bridgehead atoms. The van der Waals surface area contributed by atoms with Crippen LogP contribution in [0.3, 0.4) is 0 Å². The number of benzene rings is 1. The summed E-state index contributed by atoms with van der Waals surface area (Å²) in [4.78, 5) is 35.4. The van der Waals surface area contributed by atoms with E-state index in [1.807, 2.05) is 30.3 Å². The molecule has 0 aliphatic carbocycles. The van der Waals surface area contributed by atoms with Gasteiger partial charge in [-0.1, -0.05) is 30.3 Å². The van der Waals surface area contributed by atoms with E-state index in [2.05, 4.69) is 0 Å². The first-order valence-electron chi connectivity index (χ1n) is 6.29. The Morgan fingerprint density at radius 1 is 1.30 bits per heavy atom. The molecule has 1 N–H and O–H groups in total. The van der Waals surface area contributed by atoms with Gasteiger partial charge < -0.3 is 14.7 Å². The van der Waals surface area contributed by atoms with Gasteiger partial charge in [0.05, 0.1) is 6.54 Å². The number of carbonyl (C=O) groups is 3. The van der Waals surface area contributed by atoms with E-state index in [0.717, 1.165) is 5.56 Å². The molecule has 1 atom stereocenters. The average Bonchev–Trinajstić information content (AvgIpc) is 2.45. The Morgan fingerprint density at radius 3 is 2.60 bits per heavy atom. The number of carbonyl (C=O) groups excluding carboxylic acids is 2. The number of carboxylic acids is 1. The Hall–Kier alpha value is -2.37. The van der Waals surface area contributed by atoms with E-state index in [9.17, 15) is 14.4 Å². The van der Waals surface area contributed by atoms with E-state index in [1.54, 1.807) is 0 Å². The fraction of sp³-hybridized carbons (Fsp3) is 0.357. The van der Waals surface area contributed by atoms with Crippen molar-refractivity contribution in [2.24, 2.45) is 5.92 Å². The van der Waals surface area contributed by atoms with Crippen molar-refractivity contribution >= 4 is 17.8 Å². The maximum atomic E-state index is 11.8. The second kappa shape index (κ2) is 6.18. The molecular weight excluding hydrogens is 262 g/mol. The van der Waals surface area contributed by atoms with Crippen molar-refractivity contribution < 1.29 is 24.2 Å². The van der Waals surface area contributed by atoms with Crippen LogP contribution < -0.4 is 0 Å². The number of hydrogen-bond acceptors (Lipinski definition) is 4. The Balaban J connectivity index is 1.85. The first-order chi connectivity index (χ1) is 9.58. The monoisotopic (exact) mass is 277 g/mol. The summed E-state index contributed by atoms with van der Waals surface area (Å²) in [5, 5.41) is 8.83. The van der Waals surface area contributed by atoms with Gasteiger partial charge in [-0.25, -0.2) is 4.79 Å². The third-order valence-corrected chi connectivity index (χ3v) is 3.18. The quantitative estimate of drug-likeness (QED) is 0.842. The minimum Gasteiger partial charge on any atom is -0.481 e. The number of ether oxygens (including phenoxy) is 1. The van der Waals surface area contributed by atoms with Crippen molar-refractivity contribution in [3.8, 4) is 0 Å². The topological polar surface area (TPSA) is 83.9 Å². The molecule has 0 saturated carbocycles. The highest BCUT2D eigenvalue weighted by Crippen LogP contribution is 2.15. The zero-order valence-corrected chi connectivity index (χ0v) is 10.8. The molecule has 1 aromatic rings. The van der Waals surface area contributed by atoms with E-state index < -0.39 is 23.8 Å². The summed E-state index contributed by atoms with van der Waals surface area (Å²) in [6.07, 6.45) is -0.458. The fourth-order valence-electron chi connectivity index (χ4n) is 2.05. The second-order valence-corrected chi connectivity index (χ2v) is 4.61. The number of rotatable bonds is 3. The van der Waals surface area contributed by atoms with Gasteiger partial charge >= 0.3 is 12.1 Å². The number of nitrogens with zero attached hydrogens (tertiary/aromatic N) is 1. The molecule has 1 unspecified atom stereocenters. The molecule has 1 saturated heterocycles. The van der Waals surface area contributed by atoms with Gasteiger partial charge in [-0.05, 0) is 12.0 Å². The Kier molecular flexibility index (Phi) is 4.34. The minimum atomic E-state index is -1.13. The van der Waals surface area contributed by atoms with Gasteiger partial charge in [-0.3, -0.25) is 9.59 Å². The van der Waals surface area contributed by atoms with Crippen LogP contribution in [0.2, 0.25) is 0 Å². The van der Waals surface area contributed by atoms with Crippen molar-refractivity contribution in [3.05, 3.63) is 35.9 Å². The molecule has 106 valence electrons. The lowest BCUT2D eigenvalue weighted by Gasteiger charge is -2.28. The normalized spacial score (nSPS) is 18.7. The third kappa shape index (κ3) is 3.34. The highest BCUT2D eigenvalue weighted by Gasteiger charge is 2.34. The molecule has 1 fully saturated rings. The van der Waals surface area contributed by atoms with Gasteiger partial charge in [-0.2, -0.15) is 0 Å². The lowest BCUT2D eigenvalue weighted by molar-refractivity contribution is -0.148. The van der Waals surface area contributed by atoms with Crippen LogP contribution in [-0.2, 0) is 20.9 Å². The van der Waals surface area contributed by atoms with Crippen LogP contribution in [0.25, 0.3) is 0 Å². The summed E-state index contributed by atoms with van der Waals surface area (Å²) in [5.41, 5.74) is 0.854. The highest BCUT2D eigenvalue weighted by atomic mass is 16.6. The van der Waals surface area contributed by atoms with Gasteiger partial charge in [0.1, 0.15) is 12.5 Å². The fourth-order valence-corrected chi connectivity index (χ4v) is 2.05. The molecule has 0 spiro atoms. The predicted molar refractivity (Wildman–Crippen MR) is 68.9 cm³/mol. The smallest absolute Gasteiger partial charge is 0.410 e. The summed E-state index contributed by atoms with van der Waals surface area (Å²) in [5.74, 6) is -2.60. The van der Waals surface area contributed by atoms with Gasteiger partial charge in [-0.15, -0.1) is 0 Å². The zero-order valence-electron chi connectivity index (χ0n) is 10.8. The lowest BCUT2D eigenvalue weighted by Crippen LogP contribution is -2.46. The molecule has 0 aromatic heterocycles. The molecule has 1 aromatic carbocycles. The van der Waals surface area contributed by atoms with Crippen molar-refractivity contribution in [2.45, 2.75) is 13.0 Å².